The van der Waals surface area contributed by atoms with Gasteiger partial charge in [0.15, 0.2) is 5.96 Å². The van der Waals surface area contributed by atoms with Gasteiger partial charge in [0.1, 0.15) is 0 Å². The van der Waals surface area contributed by atoms with Crippen molar-refractivity contribution in [3.05, 3.63) is 0 Å². The predicted octanol–water partition coefficient (Wildman–Crippen LogP) is 0.964. The van der Waals surface area contributed by atoms with E-state index in [0.29, 0.717) is 18.5 Å². The van der Waals surface area contributed by atoms with Crippen LogP contribution in [0.1, 0.15) is 39.5 Å². The second-order valence-electron chi connectivity index (χ2n) is 5.74. The van der Waals surface area contributed by atoms with Crippen molar-refractivity contribution in [3.63, 3.8) is 0 Å². The van der Waals surface area contributed by atoms with Gasteiger partial charge in [-0.15, -0.1) is 0 Å². The number of aliphatic imine (C=N–C) groups is 1. The Morgan fingerprint density at radius 1 is 1.32 bits per heavy atom. The summed E-state index contributed by atoms with van der Waals surface area (Å²) < 4.78 is 0. The molecule has 1 saturated heterocycles. The zero-order valence-corrected chi connectivity index (χ0v) is 12.2. The van der Waals surface area contributed by atoms with Gasteiger partial charge in [0, 0.05) is 33.1 Å². The van der Waals surface area contributed by atoms with Gasteiger partial charge < -0.3 is 15.5 Å². The zero-order valence-electron chi connectivity index (χ0n) is 12.2. The Bertz CT molecular complexity index is 349. The molecule has 1 spiro atoms. The summed E-state index contributed by atoms with van der Waals surface area (Å²) in [5, 5.41) is 6.14. The molecule has 1 heterocycles. The maximum atomic E-state index is 10.8. The zero-order chi connectivity index (χ0) is 13.7. The first kappa shape index (κ1) is 14.2. The number of carbonyl (C=O) groups is 1. The largest absolute Gasteiger partial charge is 0.357 e. The molecule has 2 fully saturated rings. The van der Waals surface area contributed by atoms with Crippen molar-refractivity contribution in [3.8, 4) is 0 Å². The summed E-state index contributed by atoms with van der Waals surface area (Å²) >= 11 is 0. The first-order chi connectivity index (χ1) is 9.15. The summed E-state index contributed by atoms with van der Waals surface area (Å²) in [7, 11) is 0. The molecule has 0 bridgehead atoms. The Balaban J connectivity index is 1.84. The SMILES string of the molecule is CCNC(=NCCNC(C)=O)N1CCC2(CCC2)C1. The maximum Gasteiger partial charge on any atom is 0.216 e. The molecule has 2 N–H and O–H groups in total. The van der Waals surface area contributed by atoms with Crippen LogP contribution >= 0.6 is 0 Å². The molecule has 0 atom stereocenters. The molecule has 19 heavy (non-hydrogen) atoms. The molecule has 108 valence electrons. The van der Waals surface area contributed by atoms with E-state index in [-0.39, 0.29) is 5.91 Å². The average Bonchev–Trinajstić information content (AvgIpc) is 2.78. The first-order valence-electron chi connectivity index (χ1n) is 7.43. The minimum absolute atomic E-state index is 0.00907. The van der Waals surface area contributed by atoms with Crippen LogP contribution in [0.4, 0.5) is 0 Å². The van der Waals surface area contributed by atoms with E-state index in [1.165, 1.54) is 32.6 Å². The molecule has 0 aromatic heterocycles. The third kappa shape index (κ3) is 3.61. The highest BCUT2D eigenvalue weighted by Crippen LogP contribution is 2.47. The lowest BCUT2D eigenvalue weighted by Gasteiger charge is -2.38. The topological polar surface area (TPSA) is 56.7 Å². The molecule has 5 nitrogen and oxygen atoms in total. The Kier molecular flexibility index (Phi) is 4.66. The highest BCUT2D eigenvalue weighted by atomic mass is 16.1. The number of nitrogens with zero attached hydrogens (tertiary/aromatic N) is 2. The van der Waals surface area contributed by atoms with Crippen molar-refractivity contribution in [2.75, 3.05) is 32.7 Å². The number of guanidine groups is 1. The Morgan fingerprint density at radius 2 is 2.11 bits per heavy atom. The van der Waals surface area contributed by atoms with Crippen molar-refractivity contribution in [2.45, 2.75) is 39.5 Å². The Hall–Kier alpha value is -1.26. The van der Waals surface area contributed by atoms with Crippen molar-refractivity contribution < 1.29 is 4.79 Å². The molecule has 2 aliphatic rings. The van der Waals surface area contributed by atoms with Gasteiger partial charge in [-0.1, -0.05) is 6.42 Å². The molecule has 0 radical (unpaired) electrons. The van der Waals surface area contributed by atoms with Crippen molar-refractivity contribution in [2.24, 2.45) is 10.4 Å². The van der Waals surface area contributed by atoms with E-state index in [4.69, 9.17) is 0 Å². The number of hydrogen-bond donors (Lipinski definition) is 2. The van der Waals surface area contributed by atoms with E-state index in [2.05, 4.69) is 27.4 Å². The number of nitrogens with one attached hydrogen (secondary N) is 2. The lowest BCUT2D eigenvalue weighted by Crippen LogP contribution is -2.43. The highest BCUT2D eigenvalue weighted by molar-refractivity contribution is 5.80. The van der Waals surface area contributed by atoms with Gasteiger partial charge in [-0.3, -0.25) is 9.79 Å². The summed E-state index contributed by atoms with van der Waals surface area (Å²) in [4.78, 5) is 17.8. The van der Waals surface area contributed by atoms with E-state index < -0.39 is 0 Å². The number of rotatable bonds is 4. The molecule has 0 unspecified atom stereocenters. The van der Waals surface area contributed by atoms with Crippen LogP contribution in [0, 0.1) is 5.41 Å². The third-order valence-corrected chi connectivity index (χ3v) is 4.23. The van der Waals surface area contributed by atoms with Crippen LogP contribution in [0.2, 0.25) is 0 Å². The lowest BCUT2D eigenvalue weighted by molar-refractivity contribution is -0.118. The second kappa shape index (κ2) is 6.26. The number of hydrogen-bond acceptors (Lipinski definition) is 2. The predicted molar refractivity (Wildman–Crippen MR) is 77.1 cm³/mol. The molecule has 0 aromatic carbocycles. The van der Waals surface area contributed by atoms with Crippen LogP contribution in [-0.4, -0.2) is 49.5 Å². The van der Waals surface area contributed by atoms with Crippen LogP contribution in [0.15, 0.2) is 4.99 Å². The van der Waals surface area contributed by atoms with Crippen LogP contribution < -0.4 is 10.6 Å². The fourth-order valence-electron chi connectivity index (χ4n) is 3.02. The Labute approximate surface area is 115 Å². The molecule has 1 amide bonds. The molecule has 1 aliphatic carbocycles. The summed E-state index contributed by atoms with van der Waals surface area (Å²) in [6, 6.07) is 0. The van der Waals surface area contributed by atoms with E-state index in [9.17, 15) is 4.79 Å². The third-order valence-electron chi connectivity index (χ3n) is 4.23. The van der Waals surface area contributed by atoms with Gasteiger partial charge in [-0.2, -0.15) is 0 Å². The summed E-state index contributed by atoms with van der Waals surface area (Å²) in [5.41, 5.74) is 0.591. The maximum absolute atomic E-state index is 10.8. The second-order valence-corrected chi connectivity index (χ2v) is 5.74. The fraction of sp³-hybridized carbons (Fsp3) is 0.857. The Morgan fingerprint density at radius 3 is 2.63 bits per heavy atom. The smallest absolute Gasteiger partial charge is 0.216 e. The van der Waals surface area contributed by atoms with Crippen LogP contribution in [0.3, 0.4) is 0 Å². The van der Waals surface area contributed by atoms with Gasteiger partial charge in [-0.25, -0.2) is 0 Å². The summed E-state index contributed by atoms with van der Waals surface area (Å²) in [5.74, 6) is 1.02. The van der Waals surface area contributed by atoms with Crippen molar-refractivity contribution in [1.82, 2.24) is 15.5 Å². The minimum Gasteiger partial charge on any atom is -0.357 e. The normalized spacial score (nSPS) is 21.4. The van der Waals surface area contributed by atoms with E-state index in [1.54, 1.807) is 0 Å². The van der Waals surface area contributed by atoms with Gasteiger partial charge >= 0.3 is 0 Å². The van der Waals surface area contributed by atoms with Crippen molar-refractivity contribution in [1.29, 1.82) is 0 Å². The minimum atomic E-state index is 0.00907. The molecule has 0 aromatic rings. The highest BCUT2D eigenvalue weighted by Gasteiger charge is 2.43. The first-order valence-corrected chi connectivity index (χ1v) is 7.43. The van der Waals surface area contributed by atoms with Gasteiger partial charge in [0.2, 0.25) is 5.91 Å². The average molecular weight is 266 g/mol. The lowest BCUT2D eigenvalue weighted by atomic mass is 9.68. The quantitative estimate of drug-likeness (QED) is 0.453. The van der Waals surface area contributed by atoms with E-state index in [0.717, 1.165) is 25.6 Å². The van der Waals surface area contributed by atoms with Gasteiger partial charge in [0.05, 0.1) is 6.54 Å². The monoisotopic (exact) mass is 266 g/mol. The van der Waals surface area contributed by atoms with E-state index in [1.807, 2.05) is 0 Å². The number of amides is 1. The summed E-state index contributed by atoms with van der Waals surface area (Å²) in [6.45, 7) is 8.05. The van der Waals surface area contributed by atoms with Crippen molar-refractivity contribution >= 4 is 11.9 Å². The molecule has 2 rings (SSSR count). The molecule has 1 aliphatic heterocycles. The molecule has 5 heteroatoms. The van der Waals surface area contributed by atoms with E-state index >= 15 is 0 Å². The fourth-order valence-corrected chi connectivity index (χ4v) is 3.02. The molecular formula is C14H26N4O. The summed E-state index contributed by atoms with van der Waals surface area (Å²) in [6.07, 6.45) is 5.47. The van der Waals surface area contributed by atoms with Crippen LogP contribution in [-0.2, 0) is 4.79 Å². The molecular weight excluding hydrogens is 240 g/mol. The molecule has 1 saturated carbocycles. The van der Waals surface area contributed by atoms with Crippen LogP contribution in [0.5, 0.6) is 0 Å². The van der Waals surface area contributed by atoms with Gasteiger partial charge in [0.25, 0.3) is 0 Å². The number of carbonyl (C=O) groups excluding carboxylic acids is 1. The van der Waals surface area contributed by atoms with Gasteiger partial charge in [-0.05, 0) is 31.6 Å². The number of likely N-dealkylation sites (tertiary alicyclic amines) is 1. The van der Waals surface area contributed by atoms with Crippen LogP contribution in [0.25, 0.3) is 0 Å². The standard InChI is InChI=1S/C14H26N4O/c1-3-15-13(17-9-8-16-12(2)19)18-10-7-14(11-18)5-4-6-14/h3-11H2,1-2H3,(H,15,17)(H,16,19).